The molecule has 0 N–H and O–H groups in total. The highest BCUT2D eigenvalue weighted by molar-refractivity contribution is 5.25. The number of hydrogen-bond acceptors (Lipinski definition) is 0. The third-order valence-corrected chi connectivity index (χ3v) is 7.45. The maximum Gasteiger partial charge on any atom is 0.460 e. The largest absolute Gasteiger partial charge is 0.460 e. The lowest BCUT2D eigenvalue weighted by Crippen LogP contribution is -2.82. The minimum Gasteiger partial charge on any atom is -0.223 e. The van der Waals surface area contributed by atoms with E-state index in [1.165, 1.54) is 0 Å². The number of hydrogen-bond donors (Lipinski definition) is 0. The van der Waals surface area contributed by atoms with Gasteiger partial charge in [-0.25, -0.2) is 13.2 Å². The van der Waals surface area contributed by atoms with Crippen molar-refractivity contribution in [3.63, 3.8) is 0 Å². The van der Waals surface area contributed by atoms with Gasteiger partial charge in [0.2, 0.25) is 0 Å². The first-order chi connectivity index (χ1) is 25.4. The van der Waals surface area contributed by atoms with Gasteiger partial charge in [0.1, 0.15) is 0 Å². The third-order valence-electron chi connectivity index (χ3n) is 7.45. The Morgan fingerprint density at radius 1 is 0.148 bits per heavy atom. The second kappa shape index (κ2) is 13.8. The second-order valence-electron chi connectivity index (χ2n) is 11.2. The minimum atomic E-state index is -10.7. The molecule has 41 heteroatoms. The predicted octanol–water partition coefficient (Wildman–Crippen LogP) is 13.2. The van der Waals surface area contributed by atoms with Gasteiger partial charge in [-0.2, -0.15) is 167 Å². The zero-order valence-electron chi connectivity index (χ0n) is 25.6. The first-order valence-corrected chi connectivity index (χ1v) is 12.6. The fourth-order valence-corrected chi connectivity index (χ4v) is 3.65. The molecule has 0 saturated heterocycles. The lowest BCUT2D eigenvalue weighted by Gasteiger charge is -2.49. The van der Waals surface area contributed by atoms with Crippen LogP contribution < -0.4 is 0 Å². The normalized spacial score (nSPS) is 18.2. The van der Waals surface area contributed by atoms with Crippen molar-refractivity contribution in [2.45, 2.75) is 119 Å². The summed E-state index contributed by atoms with van der Waals surface area (Å²) in [4.78, 5) is 0. The highest BCUT2D eigenvalue weighted by Crippen LogP contribution is 2.71. The van der Waals surface area contributed by atoms with E-state index in [-0.39, 0.29) is 0 Å². The van der Waals surface area contributed by atoms with Gasteiger partial charge < -0.3 is 0 Å². The Hall–Kier alpha value is -2.87. The molecule has 0 aliphatic heterocycles. The van der Waals surface area contributed by atoms with Gasteiger partial charge in [0, 0.05) is 0 Å². The Kier molecular flexibility index (Phi) is 13.2. The van der Waals surface area contributed by atoms with Gasteiger partial charge in [0.05, 0.1) is 0 Å². The van der Waals surface area contributed by atoms with Crippen LogP contribution >= 0.6 is 0 Å². The van der Waals surface area contributed by atoms with E-state index in [1.54, 1.807) is 0 Å². The molecule has 0 saturated carbocycles. The Balaban J connectivity index is 8.24. The molecular formula is C20HF41. The van der Waals surface area contributed by atoms with E-state index in [2.05, 4.69) is 0 Å². The zero-order valence-corrected chi connectivity index (χ0v) is 25.6. The van der Waals surface area contributed by atoms with E-state index in [0.29, 0.717) is 0 Å². The minimum absolute atomic E-state index is 8.19. The summed E-state index contributed by atoms with van der Waals surface area (Å²) in [5, 5.41) is 0. The smallest absolute Gasteiger partial charge is 0.223 e. The second-order valence-corrected chi connectivity index (χ2v) is 11.2. The summed E-state index contributed by atoms with van der Waals surface area (Å²) in [6.07, 6.45) is -25.3. The van der Waals surface area contributed by atoms with Crippen LogP contribution in [0.1, 0.15) is 0 Å². The molecule has 0 nitrogen and oxygen atoms in total. The Bertz CT molecular complexity index is 1580. The van der Waals surface area contributed by atoms with Crippen LogP contribution in [0.25, 0.3) is 0 Å². The molecule has 0 bridgehead atoms. The first kappa shape index (κ1) is 58.1. The molecule has 0 amide bonds. The third kappa shape index (κ3) is 6.37. The van der Waals surface area contributed by atoms with E-state index < -0.39 is 119 Å². The molecule has 0 aromatic carbocycles. The lowest BCUT2D eigenvalue weighted by molar-refractivity contribution is -0.490. The maximum atomic E-state index is 14.6. The molecule has 0 radical (unpaired) electrons. The molecule has 0 fully saturated rings. The summed E-state index contributed by atoms with van der Waals surface area (Å²) in [6.45, 7) is 0. The Morgan fingerprint density at radius 3 is 0.344 bits per heavy atom. The van der Waals surface area contributed by atoms with Gasteiger partial charge in [-0.1, -0.05) is 0 Å². The Labute approximate surface area is 300 Å². The highest BCUT2D eigenvalue weighted by Gasteiger charge is 3.03. The van der Waals surface area contributed by atoms with Crippen molar-refractivity contribution in [1.29, 1.82) is 0 Å². The van der Waals surface area contributed by atoms with Gasteiger partial charge in [-0.3, -0.25) is 0 Å². The molecule has 0 aliphatic rings. The van der Waals surface area contributed by atoms with Gasteiger partial charge >= 0.3 is 113 Å². The monoisotopic (exact) mass is 1020 g/mol. The van der Waals surface area contributed by atoms with Gasteiger partial charge in [-0.05, 0) is 0 Å². The van der Waals surface area contributed by atoms with Crippen molar-refractivity contribution < 1.29 is 180 Å². The zero-order chi connectivity index (χ0) is 51.1. The van der Waals surface area contributed by atoms with Gasteiger partial charge in [0.25, 0.3) is 6.43 Å². The summed E-state index contributed by atoms with van der Waals surface area (Å²) in [6, 6.07) is 0. The topological polar surface area (TPSA) is 0 Å². The van der Waals surface area contributed by atoms with Crippen molar-refractivity contribution in [3.05, 3.63) is 0 Å². The molecular weight excluding hydrogens is 1020 g/mol. The SMILES string of the molecule is FC(F)C(F)(C(F)(F)C(F)(F)C(F)(F)C(F)(F)C(F)(F)C(F)(F)C(F)(F)C(F)(F)F)C(F)(F)C(F)(F)C(F)(F)C(F)(F)C(F)(F)C(F)(F)C(F)(F)C(F)(F)C(F)(F)C(F)(F)F. The summed E-state index contributed by atoms with van der Waals surface area (Å²) in [5.74, 6) is -162. The fourth-order valence-electron chi connectivity index (χ4n) is 3.65. The van der Waals surface area contributed by atoms with Crippen molar-refractivity contribution >= 4 is 0 Å². The average molecular weight is 1020 g/mol. The summed E-state index contributed by atoms with van der Waals surface area (Å²) < 4.78 is 551. The van der Waals surface area contributed by atoms with Crippen LogP contribution in [0.2, 0.25) is 0 Å². The van der Waals surface area contributed by atoms with Gasteiger partial charge in [-0.15, -0.1) is 0 Å². The van der Waals surface area contributed by atoms with Crippen molar-refractivity contribution in [1.82, 2.24) is 0 Å². The fraction of sp³-hybridized carbons (Fsp3) is 1.00. The van der Waals surface area contributed by atoms with Crippen LogP contribution in [-0.4, -0.2) is 119 Å². The van der Waals surface area contributed by atoms with Crippen molar-refractivity contribution in [2.24, 2.45) is 0 Å². The lowest BCUT2D eigenvalue weighted by atomic mass is 9.76. The number of halogens is 41. The highest BCUT2D eigenvalue weighted by atomic mass is 19.5. The molecule has 1 atom stereocenters. The van der Waals surface area contributed by atoms with E-state index in [9.17, 15) is 180 Å². The average Bonchev–Trinajstić information content (AvgIpc) is 3.01. The molecule has 0 aromatic heterocycles. The maximum absolute atomic E-state index is 14.6. The van der Waals surface area contributed by atoms with E-state index in [0.717, 1.165) is 0 Å². The van der Waals surface area contributed by atoms with Crippen LogP contribution in [0.3, 0.4) is 0 Å². The standard InChI is InChI=1S/C20HF41/c21-1(22)2(23,4(26,27)6(30,31)8(34,35)10(38,39)13(44,45)15(48,49)17(52,53)19(56,57)58)3(24,25)5(28,29)7(32,33)9(36,37)11(40,41)12(42,43)14(46,47)16(50,51)18(54,55)20(59,60)61/h1H. The molecule has 0 aromatic rings. The molecule has 0 spiro atoms. The van der Waals surface area contributed by atoms with E-state index in [4.69, 9.17) is 0 Å². The molecule has 0 aliphatic carbocycles. The number of alkyl halides is 41. The summed E-state index contributed by atoms with van der Waals surface area (Å²) in [7, 11) is 0. The molecule has 368 valence electrons. The van der Waals surface area contributed by atoms with Crippen LogP contribution in [-0.2, 0) is 0 Å². The molecule has 0 heterocycles. The van der Waals surface area contributed by atoms with Crippen LogP contribution in [0.4, 0.5) is 180 Å². The van der Waals surface area contributed by atoms with E-state index in [1.807, 2.05) is 0 Å². The summed E-state index contributed by atoms with van der Waals surface area (Å²) >= 11 is 0. The Morgan fingerprint density at radius 2 is 0.246 bits per heavy atom. The quantitative estimate of drug-likeness (QED) is 0.127. The predicted molar refractivity (Wildman–Crippen MR) is 101 cm³/mol. The first-order valence-electron chi connectivity index (χ1n) is 12.6. The summed E-state index contributed by atoms with van der Waals surface area (Å²) in [5.41, 5.74) is -10.4. The van der Waals surface area contributed by atoms with Gasteiger partial charge in [0.15, 0.2) is 0 Å². The van der Waals surface area contributed by atoms with E-state index >= 15 is 0 Å². The van der Waals surface area contributed by atoms with Crippen LogP contribution in [0.5, 0.6) is 0 Å². The van der Waals surface area contributed by atoms with Crippen LogP contribution in [0.15, 0.2) is 0 Å². The van der Waals surface area contributed by atoms with Crippen LogP contribution in [0, 0.1) is 0 Å². The molecule has 0 rings (SSSR count). The molecule has 1 unspecified atom stereocenters. The number of rotatable bonds is 17. The van der Waals surface area contributed by atoms with Crippen molar-refractivity contribution in [3.8, 4) is 0 Å². The molecule has 61 heavy (non-hydrogen) atoms. The van der Waals surface area contributed by atoms with Crippen molar-refractivity contribution in [2.75, 3.05) is 0 Å².